The summed E-state index contributed by atoms with van der Waals surface area (Å²) in [6, 6.07) is 23.0. The molecule has 0 radical (unpaired) electrons. The molecule has 0 unspecified atom stereocenters. The Morgan fingerprint density at radius 2 is 1.13 bits per heavy atom. The van der Waals surface area contributed by atoms with Gasteiger partial charge in [0.05, 0.1) is 18.1 Å². The molecule has 0 saturated heterocycles. The van der Waals surface area contributed by atoms with Crippen LogP contribution >= 0.6 is 24.4 Å². The molecule has 0 heterocycles. The molecule has 8 heteroatoms. The fourth-order valence-corrected chi connectivity index (χ4v) is 4.77. The minimum atomic E-state index is -3.73. The number of thiol groups is 1. The SMILES string of the molecule is Cc1ccc(S(=O)(=O)OCC(C)(C)CO)cc1.Cc1ccc(S)cc1.Cc1ccc(SCC(C)(C)CO)cc1. The second-order valence-corrected chi connectivity index (χ2v) is 14.3. The smallest absolute Gasteiger partial charge is 0.296 e. The summed E-state index contributed by atoms with van der Waals surface area (Å²) in [5.41, 5.74) is 2.99. The van der Waals surface area contributed by atoms with Gasteiger partial charge in [0, 0.05) is 27.6 Å². The van der Waals surface area contributed by atoms with Crippen LogP contribution in [0.2, 0.25) is 0 Å². The molecular formula is C31H44O5S3. The van der Waals surface area contributed by atoms with Gasteiger partial charge in [-0.05, 0) is 62.6 Å². The number of aryl methyl sites for hydroxylation is 3. The van der Waals surface area contributed by atoms with E-state index in [1.165, 1.54) is 28.2 Å². The third kappa shape index (κ3) is 15.0. The Bertz CT molecular complexity index is 1180. The molecule has 0 aliphatic heterocycles. The summed E-state index contributed by atoms with van der Waals surface area (Å²) in [7, 11) is -3.73. The van der Waals surface area contributed by atoms with Gasteiger partial charge in [0.2, 0.25) is 0 Å². The van der Waals surface area contributed by atoms with Crippen LogP contribution in [0.1, 0.15) is 44.4 Å². The molecule has 0 spiro atoms. The highest BCUT2D eigenvalue weighted by Crippen LogP contribution is 2.27. The predicted molar refractivity (Wildman–Crippen MR) is 166 cm³/mol. The number of hydrogen-bond donors (Lipinski definition) is 3. The van der Waals surface area contributed by atoms with E-state index in [1.807, 2.05) is 31.2 Å². The summed E-state index contributed by atoms with van der Waals surface area (Å²) < 4.78 is 28.5. The van der Waals surface area contributed by atoms with Crippen molar-refractivity contribution in [2.24, 2.45) is 10.8 Å². The van der Waals surface area contributed by atoms with Crippen molar-refractivity contribution in [3.63, 3.8) is 0 Å². The highest BCUT2D eigenvalue weighted by molar-refractivity contribution is 7.99. The van der Waals surface area contributed by atoms with Gasteiger partial charge in [-0.25, -0.2) is 0 Å². The van der Waals surface area contributed by atoms with E-state index in [1.54, 1.807) is 37.7 Å². The number of rotatable bonds is 9. The average molecular weight is 593 g/mol. The van der Waals surface area contributed by atoms with Crippen molar-refractivity contribution in [2.75, 3.05) is 25.6 Å². The lowest BCUT2D eigenvalue weighted by atomic mass is 9.97. The first-order valence-corrected chi connectivity index (χ1v) is 15.6. The standard InChI is InChI=1S/C12H18O4S.C12H18OS.C7H8S/c1-10-4-6-11(7-5-10)17(14,15)16-9-12(2,3)8-13;1-10-4-6-11(7-5-10)14-9-12(2,3)8-13;1-6-2-4-7(8)5-3-6/h4-7,13H,8-9H2,1-3H3;4-7,13H,8-9H2,1-3H3;2-5,8H,1H3. The van der Waals surface area contributed by atoms with Crippen LogP contribution in [0, 0.1) is 31.6 Å². The van der Waals surface area contributed by atoms with Gasteiger partial charge in [0.15, 0.2) is 0 Å². The van der Waals surface area contributed by atoms with E-state index in [-0.39, 0.29) is 30.1 Å². The second-order valence-electron chi connectivity index (χ2n) is 11.1. The van der Waals surface area contributed by atoms with Gasteiger partial charge in [0.25, 0.3) is 10.1 Å². The predicted octanol–water partition coefficient (Wildman–Crippen LogP) is 7.11. The first-order valence-electron chi connectivity index (χ1n) is 12.7. The zero-order valence-corrected chi connectivity index (χ0v) is 26.7. The van der Waals surface area contributed by atoms with E-state index in [4.69, 9.17) is 14.4 Å². The first kappa shape index (κ1) is 35.2. The van der Waals surface area contributed by atoms with E-state index < -0.39 is 15.5 Å². The van der Waals surface area contributed by atoms with E-state index in [9.17, 15) is 8.42 Å². The minimum Gasteiger partial charge on any atom is -0.396 e. The Hall–Kier alpha value is -1.81. The van der Waals surface area contributed by atoms with Crippen LogP contribution in [0.3, 0.4) is 0 Å². The van der Waals surface area contributed by atoms with Gasteiger partial charge in [-0.3, -0.25) is 4.18 Å². The van der Waals surface area contributed by atoms with E-state index in [2.05, 4.69) is 64.6 Å². The summed E-state index contributed by atoms with van der Waals surface area (Å²) in [6.07, 6.45) is 0. The lowest BCUT2D eigenvalue weighted by Crippen LogP contribution is -2.25. The van der Waals surface area contributed by atoms with Crippen molar-refractivity contribution in [3.05, 3.63) is 89.5 Å². The molecule has 3 rings (SSSR count). The van der Waals surface area contributed by atoms with Crippen LogP contribution in [-0.2, 0) is 14.3 Å². The fraction of sp³-hybridized carbons (Fsp3) is 0.419. The van der Waals surface area contributed by atoms with E-state index >= 15 is 0 Å². The van der Waals surface area contributed by atoms with Crippen molar-refractivity contribution in [2.45, 2.75) is 63.2 Å². The molecule has 0 aliphatic rings. The lowest BCUT2D eigenvalue weighted by molar-refractivity contribution is 0.101. The minimum absolute atomic E-state index is 0.00948. The zero-order chi connectivity index (χ0) is 29.7. The maximum Gasteiger partial charge on any atom is 0.296 e. The third-order valence-corrected chi connectivity index (χ3v) is 8.56. The number of aliphatic hydroxyl groups excluding tert-OH is 2. The topological polar surface area (TPSA) is 83.8 Å². The monoisotopic (exact) mass is 592 g/mol. The molecule has 5 nitrogen and oxygen atoms in total. The molecule has 216 valence electrons. The lowest BCUT2D eigenvalue weighted by Gasteiger charge is -2.20. The number of hydrogen-bond acceptors (Lipinski definition) is 7. The quantitative estimate of drug-likeness (QED) is 0.140. The molecule has 3 aromatic rings. The molecule has 0 aromatic heterocycles. The van der Waals surface area contributed by atoms with Crippen LogP contribution in [0.15, 0.2) is 87.5 Å². The Kier molecular flexibility index (Phi) is 14.9. The van der Waals surface area contributed by atoms with E-state index in [0.29, 0.717) is 0 Å². The Labute approximate surface area is 245 Å². The van der Waals surface area contributed by atoms with Crippen molar-refractivity contribution in [1.82, 2.24) is 0 Å². The van der Waals surface area contributed by atoms with Crippen LogP contribution in [0.25, 0.3) is 0 Å². The molecule has 0 aliphatic carbocycles. The van der Waals surface area contributed by atoms with E-state index in [0.717, 1.165) is 16.2 Å². The summed E-state index contributed by atoms with van der Waals surface area (Å²) in [4.78, 5) is 2.43. The highest BCUT2D eigenvalue weighted by Gasteiger charge is 2.23. The van der Waals surface area contributed by atoms with Crippen molar-refractivity contribution >= 4 is 34.5 Å². The summed E-state index contributed by atoms with van der Waals surface area (Å²) in [6.45, 7) is 13.7. The summed E-state index contributed by atoms with van der Waals surface area (Å²) in [5.74, 6) is 0.951. The Morgan fingerprint density at radius 1 is 0.718 bits per heavy atom. The van der Waals surface area contributed by atoms with Crippen LogP contribution in [0.5, 0.6) is 0 Å². The maximum atomic E-state index is 11.8. The largest absolute Gasteiger partial charge is 0.396 e. The average Bonchev–Trinajstić information content (AvgIpc) is 2.90. The van der Waals surface area contributed by atoms with Gasteiger partial charge in [0.1, 0.15) is 0 Å². The van der Waals surface area contributed by atoms with Gasteiger partial charge >= 0.3 is 0 Å². The number of benzene rings is 3. The van der Waals surface area contributed by atoms with Crippen molar-refractivity contribution in [1.29, 1.82) is 0 Å². The van der Waals surface area contributed by atoms with Crippen LogP contribution in [0.4, 0.5) is 0 Å². The van der Waals surface area contributed by atoms with Gasteiger partial charge in [-0.15, -0.1) is 24.4 Å². The Balaban J connectivity index is 0.000000310. The maximum absolute atomic E-state index is 11.8. The molecule has 0 atom stereocenters. The fourth-order valence-electron chi connectivity index (χ4n) is 2.56. The first-order chi connectivity index (χ1) is 18.1. The molecule has 0 fully saturated rings. The highest BCUT2D eigenvalue weighted by atomic mass is 32.2. The molecule has 0 bridgehead atoms. The normalized spacial score (nSPS) is 11.6. The molecule has 3 aromatic carbocycles. The molecule has 2 N–H and O–H groups in total. The zero-order valence-electron chi connectivity index (χ0n) is 24.1. The van der Waals surface area contributed by atoms with Gasteiger partial charge < -0.3 is 10.2 Å². The number of thioether (sulfide) groups is 1. The van der Waals surface area contributed by atoms with Crippen molar-refractivity contribution < 1.29 is 22.8 Å². The van der Waals surface area contributed by atoms with Gasteiger partial charge in [-0.2, -0.15) is 8.42 Å². The second kappa shape index (κ2) is 16.5. The molecule has 39 heavy (non-hydrogen) atoms. The Morgan fingerprint density at radius 3 is 1.54 bits per heavy atom. The number of aliphatic hydroxyl groups is 2. The summed E-state index contributed by atoms with van der Waals surface area (Å²) in [5, 5.41) is 18.1. The van der Waals surface area contributed by atoms with Crippen molar-refractivity contribution in [3.8, 4) is 0 Å². The molecular weight excluding hydrogens is 549 g/mol. The summed E-state index contributed by atoms with van der Waals surface area (Å²) >= 11 is 5.93. The van der Waals surface area contributed by atoms with Gasteiger partial charge in [-0.1, -0.05) is 80.8 Å². The third-order valence-electron chi connectivity index (χ3n) is 5.46. The molecule has 0 saturated carbocycles. The van der Waals surface area contributed by atoms with Crippen LogP contribution < -0.4 is 0 Å². The molecule has 0 amide bonds. The van der Waals surface area contributed by atoms with Crippen LogP contribution in [-0.4, -0.2) is 44.2 Å².